The molecule has 0 radical (unpaired) electrons. The third kappa shape index (κ3) is 2.75. The van der Waals surface area contributed by atoms with E-state index in [1.807, 2.05) is 61.7 Å². The summed E-state index contributed by atoms with van der Waals surface area (Å²) in [5, 5.41) is 0.988. The highest BCUT2D eigenvalue weighted by atomic mass is 16.5. The van der Waals surface area contributed by atoms with Crippen LogP contribution in [0.25, 0.3) is 10.9 Å². The molecule has 22 heavy (non-hydrogen) atoms. The molecule has 1 aromatic heterocycles. The van der Waals surface area contributed by atoms with Gasteiger partial charge in [0.2, 0.25) is 5.78 Å². The Balaban J connectivity index is 1.82. The minimum absolute atomic E-state index is 0.00368. The van der Waals surface area contributed by atoms with Crippen molar-refractivity contribution in [2.24, 2.45) is 0 Å². The first kappa shape index (κ1) is 14.4. The predicted octanol–water partition coefficient (Wildman–Crippen LogP) is 4.23. The summed E-state index contributed by atoms with van der Waals surface area (Å²) in [7, 11) is 0. The van der Waals surface area contributed by atoms with Gasteiger partial charge in [-0.3, -0.25) is 4.79 Å². The summed E-state index contributed by atoms with van der Waals surface area (Å²) in [4.78, 5) is 12.5. The maximum absolute atomic E-state index is 12.5. The molecule has 0 aliphatic carbocycles. The van der Waals surface area contributed by atoms with Crippen LogP contribution in [0.2, 0.25) is 0 Å². The minimum atomic E-state index is 0.00368. The number of rotatable bonds is 5. The number of ether oxygens (including phenoxy) is 1. The Kier molecular flexibility index (Phi) is 3.96. The largest absolute Gasteiger partial charge is 0.485 e. The smallest absolute Gasteiger partial charge is 0.202 e. The van der Waals surface area contributed by atoms with Crippen molar-refractivity contribution >= 4 is 16.7 Å². The van der Waals surface area contributed by atoms with Crippen LogP contribution in [-0.2, 0) is 6.54 Å². The molecule has 0 aliphatic heterocycles. The lowest BCUT2D eigenvalue weighted by atomic mass is 10.1. The molecule has 112 valence electrons. The van der Waals surface area contributed by atoms with Gasteiger partial charge in [-0.15, -0.1) is 0 Å². The van der Waals surface area contributed by atoms with Gasteiger partial charge in [-0.05, 0) is 32.0 Å². The van der Waals surface area contributed by atoms with Crippen LogP contribution >= 0.6 is 0 Å². The Labute approximate surface area is 130 Å². The van der Waals surface area contributed by atoms with Crippen molar-refractivity contribution < 1.29 is 9.53 Å². The molecule has 0 fully saturated rings. The number of Topliss-reactive ketones (excluding diaryl/α,β-unsaturated/α-hetero) is 1. The second-order valence-electron chi connectivity index (χ2n) is 5.37. The Morgan fingerprint density at radius 1 is 1.09 bits per heavy atom. The van der Waals surface area contributed by atoms with Crippen molar-refractivity contribution in [3.63, 3.8) is 0 Å². The zero-order valence-corrected chi connectivity index (χ0v) is 12.9. The number of carbonyl (C=O) groups is 1. The van der Waals surface area contributed by atoms with Crippen LogP contribution in [0.5, 0.6) is 5.75 Å². The fourth-order valence-electron chi connectivity index (χ4n) is 2.59. The van der Waals surface area contributed by atoms with Gasteiger partial charge in [0.15, 0.2) is 6.61 Å². The molecule has 0 amide bonds. The first-order valence-corrected chi connectivity index (χ1v) is 7.49. The van der Waals surface area contributed by atoms with E-state index in [0.29, 0.717) is 0 Å². The van der Waals surface area contributed by atoms with Crippen molar-refractivity contribution in [1.82, 2.24) is 4.57 Å². The lowest BCUT2D eigenvalue weighted by molar-refractivity contribution is 0.0923. The van der Waals surface area contributed by atoms with E-state index in [1.165, 1.54) is 5.56 Å². The van der Waals surface area contributed by atoms with Crippen LogP contribution in [-0.4, -0.2) is 17.0 Å². The number of aryl methyl sites for hydroxylation is 2. The van der Waals surface area contributed by atoms with Gasteiger partial charge < -0.3 is 9.30 Å². The van der Waals surface area contributed by atoms with E-state index in [1.54, 1.807) is 0 Å². The summed E-state index contributed by atoms with van der Waals surface area (Å²) in [6, 6.07) is 15.7. The molecule has 0 bridgehead atoms. The summed E-state index contributed by atoms with van der Waals surface area (Å²) in [5.74, 6) is 0.724. The fraction of sp³-hybridized carbons (Fsp3) is 0.211. The van der Waals surface area contributed by atoms with Crippen LogP contribution in [0.4, 0.5) is 0 Å². The van der Waals surface area contributed by atoms with Gasteiger partial charge in [-0.1, -0.05) is 35.9 Å². The van der Waals surface area contributed by atoms with E-state index in [4.69, 9.17) is 4.74 Å². The topological polar surface area (TPSA) is 31.2 Å². The molecule has 0 aliphatic rings. The third-order valence-electron chi connectivity index (χ3n) is 3.82. The monoisotopic (exact) mass is 293 g/mol. The number of fused-ring (bicyclic) bond motifs is 1. The van der Waals surface area contributed by atoms with Crippen molar-refractivity contribution in [3.05, 3.63) is 65.9 Å². The Morgan fingerprint density at radius 3 is 2.55 bits per heavy atom. The number of benzene rings is 2. The molecular formula is C19H19NO2. The van der Waals surface area contributed by atoms with E-state index in [2.05, 4.69) is 11.5 Å². The SMILES string of the molecule is CCn1cc(C(=O)COc2ccc(C)cc2)c2ccccc21. The van der Waals surface area contributed by atoms with Crippen molar-refractivity contribution in [1.29, 1.82) is 0 Å². The fourth-order valence-corrected chi connectivity index (χ4v) is 2.59. The Hall–Kier alpha value is -2.55. The zero-order chi connectivity index (χ0) is 15.5. The maximum Gasteiger partial charge on any atom is 0.202 e. The average Bonchev–Trinajstić information content (AvgIpc) is 2.93. The molecule has 0 N–H and O–H groups in total. The molecule has 3 heteroatoms. The van der Waals surface area contributed by atoms with Gasteiger partial charge in [0.05, 0.1) is 0 Å². The van der Waals surface area contributed by atoms with E-state index in [9.17, 15) is 4.79 Å². The minimum Gasteiger partial charge on any atom is -0.485 e. The number of nitrogens with zero attached hydrogens (tertiary/aromatic N) is 1. The molecule has 3 aromatic rings. The number of carbonyl (C=O) groups excluding carboxylic acids is 1. The summed E-state index contributed by atoms with van der Waals surface area (Å²) >= 11 is 0. The highest BCUT2D eigenvalue weighted by molar-refractivity contribution is 6.08. The molecule has 3 rings (SSSR count). The molecule has 0 saturated carbocycles. The molecule has 0 spiro atoms. The molecular weight excluding hydrogens is 274 g/mol. The number of hydrogen-bond donors (Lipinski definition) is 0. The number of aromatic nitrogens is 1. The first-order chi connectivity index (χ1) is 10.7. The number of para-hydroxylation sites is 1. The summed E-state index contributed by atoms with van der Waals surface area (Å²) in [5.41, 5.74) is 2.98. The summed E-state index contributed by atoms with van der Waals surface area (Å²) in [6.45, 7) is 4.99. The average molecular weight is 293 g/mol. The van der Waals surface area contributed by atoms with Gasteiger partial charge in [0.25, 0.3) is 0 Å². The van der Waals surface area contributed by atoms with Gasteiger partial charge in [-0.25, -0.2) is 0 Å². The van der Waals surface area contributed by atoms with E-state index in [-0.39, 0.29) is 12.4 Å². The standard InChI is InChI=1S/C19H19NO2/c1-3-20-12-17(16-6-4-5-7-18(16)20)19(21)13-22-15-10-8-14(2)9-11-15/h4-12H,3,13H2,1-2H3. The van der Waals surface area contributed by atoms with Gasteiger partial charge in [-0.2, -0.15) is 0 Å². The van der Waals surface area contributed by atoms with Crippen LogP contribution in [0.1, 0.15) is 22.8 Å². The van der Waals surface area contributed by atoms with Crippen LogP contribution in [0.15, 0.2) is 54.7 Å². The number of ketones is 1. The normalized spacial score (nSPS) is 10.8. The van der Waals surface area contributed by atoms with E-state index in [0.717, 1.165) is 28.8 Å². The molecule has 1 heterocycles. The second-order valence-corrected chi connectivity index (χ2v) is 5.37. The lowest BCUT2D eigenvalue weighted by Crippen LogP contribution is -2.11. The zero-order valence-electron chi connectivity index (χ0n) is 12.9. The van der Waals surface area contributed by atoms with Crippen molar-refractivity contribution in [3.8, 4) is 5.75 Å². The highest BCUT2D eigenvalue weighted by Crippen LogP contribution is 2.22. The van der Waals surface area contributed by atoms with Crippen LogP contribution in [0.3, 0.4) is 0 Å². The van der Waals surface area contributed by atoms with Gasteiger partial charge in [0.1, 0.15) is 5.75 Å². The maximum atomic E-state index is 12.5. The summed E-state index contributed by atoms with van der Waals surface area (Å²) < 4.78 is 7.70. The highest BCUT2D eigenvalue weighted by Gasteiger charge is 2.14. The van der Waals surface area contributed by atoms with Gasteiger partial charge in [0, 0.05) is 29.2 Å². The second kappa shape index (κ2) is 6.06. The molecule has 0 unspecified atom stereocenters. The van der Waals surface area contributed by atoms with Crippen LogP contribution in [0, 0.1) is 6.92 Å². The molecule has 0 atom stereocenters. The lowest BCUT2D eigenvalue weighted by Gasteiger charge is -2.05. The molecule has 2 aromatic carbocycles. The van der Waals surface area contributed by atoms with Crippen molar-refractivity contribution in [2.75, 3.05) is 6.61 Å². The third-order valence-corrected chi connectivity index (χ3v) is 3.82. The van der Waals surface area contributed by atoms with Crippen LogP contribution < -0.4 is 4.74 Å². The quantitative estimate of drug-likeness (QED) is 0.659. The predicted molar refractivity (Wildman–Crippen MR) is 88.6 cm³/mol. The van der Waals surface area contributed by atoms with Crippen molar-refractivity contribution in [2.45, 2.75) is 20.4 Å². The number of hydrogen-bond acceptors (Lipinski definition) is 2. The van der Waals surface area contributed by atoms with E-state index >= 15 is 0 Å². The Morgan fingerprint density at radius 2 is 1.82 bits per heavy atom. The summed E-state index contributed by atoms with van der Waals surface area (Å²) in [6.07, 6.45) is 1.92. The Bertz CT molecular complexity index is 800. The van der Waals surface area contributed by atoms with Gasteiger partial charge >= 0.3 is 0 Å². The van der Waals surface area contributed by atoms with E-state index < -0.39 is 0 Å². The molecule has 0 saturated heterocycles. The molecule has 3 nitrogen and oxygen atoms in total. The first-order valence-electron chi connectivity index (χ1n) is 7.49.